The molecule has 0 spiro atoms. The van der Waals surface area contributed by atoms with Gasteiger partial charge in [0, 0.05) is 17.2 Å². The molecule has 30 heavy (non-hydrogen) atoms. The maximum absolute atomic E-state index is 14.1. The first kappa shape index (κ1) is 22.5. The summed E-state index contributed by atoms with van der Waals surface area (Å²) in [5.41, 5.74) is 1.46. The highest BCUT2D eigenvalue weighted by Gasteiger charge is 2.10. The predicted octanol–water partition coefficient (Wildman–Crippen LogP) is 5.13. The minimum atomic E-state index is -1.12. The molecule has 0 saturated heterocycles. The van der Waals surface area contributed by atoms with Crippen molar-refractivity contribution in [3.05, 3.63) is 82.9 Å². The van der Waals surface area contributed by atoms with E-state index in [0.717, 1.165) is 6.07 Å². The highest BCUT2D eigenvalue weighted by Crippen LogP contribution is 2.23. The van der Waals surface area contributed by atoms with Crippen LogP contribution >= 0.6 is 0 Å². The van der Waals surface area contributed by atoms with Gasteiger partial charge in [0.1, 0.15) is 18.2 Å². The summed E-state index contributed by atoms with van der Waals surface area (Å²) in [6, 6.07) is 15.0. The Morgan fingerprint density at radius 1 is 1.07 bits per heavy atom. The van der Waals surface area contributed by atoms with Gasteiger partial charge in [0.2, 0.25) is 5.88 Å². The van der Waals surface area contributed by atoms with Crippen molar-refractivity contribution < 1.29 is 23.4 Å². The molecule has 7 heteroatoms. The fraction of sp³-hybridized carbons (Fsp3) is 0.174. The van der Waals surface area contributed by atoms with Gasteiger partial charge in [-0.2, -0.15) is 5.26 Å². The lowest BCUT2D eigenvalue weighted by molar-refractivity contribution is -0.136. The molecule has 1 heterocycles. The molecule has 1 aromatic heterocycles. The average molecular weight is 410 g/mol. The smallest absolute Gasteiger partial charge is 0.307 e. The zero-order valence-electron chi connectivity index (χ0n) is 16.5. The molecular weight excluding hydrogens is 390 g/mol. The lowest BCUT2D eigenvalue weighted by Gasteiger charge is -2.09. The number of rotatable bonds is 6. The number of aromatic nitrogens is 1. The molecule has 0 unspecified atom stereocenters. The number of aliphatic carboxylic acids is 1. The van der Waals surface area contributed by atoms with Crippen LogP contribution in [0.3, 0.4) is 0 Å². The van der Waals surface area contributed by atoms with Gasteiger partial charge in [0.15, 0.2) is 0 Å². The third-order valence-corrected chi connectivity index (χ3v) is 3.97. The normalized spacial score (nSPS) is 9.83. The first-order chi connectivity index (χ1) is 14.5. The quantitative estimate of drug-likeness (QED) is 0.609. The van der Waals surface area contributed by atoms with E-state index in [2.05, 4.69) is 4.98 Å². The van der Waals surface area contributed by atoms with Crippen molar-refractivity contribution in [1.29, 1.82) is 5.26 Å². The number of nitriles is 1. The minimum absolute atomic E-state index is 0.0833. The molecular formula is C23H20F2N2O3. The van der Waals surface area contributed by atoms with E-state index in [4.69, 9.17) is 15.1 Å². The molecule has 154 valence electrons. The fourth-order valence-corrected chi connectivity index (χ4v) is 2.55. The van der Waals surface area contributed by atoms with Crippen molar-refractivity contribution in [3.63, 3.8) is 0 Å². The zero-order chi connectivity index (χ0) is 22.1. The Morgan fingerprint density at radius 2 is 1.77 bits per heavy atom. The van der Waals surface area contributed by atoms with Crippen LogP contribution in [0.1, 0.15) is 30.5 Å². The third kappa shape index (κ3) is 5.85. The molecule has 0 aliphatic heterocycles. The Kier molecular flexibility index (Phi) is 8.00. The summed E-state index contributed by atoms with van der Waals surface area (Å²) in [6.45, 7) is 3.92. The lowest BCUT2D eigenvalue weighted by Crippen LogP contribution is -2.03. The van der Waals surface area contributed by atoms with Gasteiger partial charge in [0.25, 0.3) is 0 Å². The van der Waals surface area contributed by atoms with Crippen LogP contribution in [0.2, 0.25) is 0 Å². The van der Waals surface area contributed by atoms with E-state index in [0.29, 0.717) is 11.3 Å². The molecule has 1 N–H and O–H groups in total. The van der Waals surface area contributed by atoms with Crippen LogP contribution in [-0.4, -0.2) is 16.1 Å². The van der Waals surface area contributed by atoms with Crippen molar-refractivity contribution in [3.8, 4) is 23.2 Å². The topological polar surface area (TPSA) is 83.2 Å². The average Bonchev–Trinajstić information content (AvgIpc) is 2.75. The Hall–Kier alpha value is -3.79. The molecule has 0 fully saturated rings. The molecule has 0 atom stereocenters. The highest BCUT2D eigenvalue weighted by atomic mass is 19.1. The van der Waals surface area contributed by atoms with E-state index < -0.39 is 24.0 Å². The van der Waals surface area contributed by atoms with Gasteiger partial charge in [0.05, 0.1) is 23.7 Å². The summed E-state index contributed by atoms with van der Waals surface area (Å²) in [6.07, 6.45) is -0.404. The standard InChI is InChI=1S/C21H14F2N2O3.C2H6/c22-17-8-13(11-24)4-5-16(17)12-28-20-3-1-2-19(25-20)15-7-6-14(10-21(26)27)18(23)9-15;1-2/h1-9H,10,12H2,(H,26,27);1-2H3. The van der Waals surface area contributed by atoms with E-state index in [-0.39, 0.29) is 29.2 Å². The number of carboxylic acids is 1. The summed E-state index contributed by atoms with van der Waals surface area (Å²) in [7, 11) is 0. The summed E-state index contributed by atoms with van der Waals surface area (Å²) >= 11 is 0. The number of ether oxygens (including phenoxy) is 1. The summed E-state index contributed by atoms with van der Waals surface area (Å²) < 4.78 is 33.5. The van der Waals surface area contributed by atoms with E-state index in [1.54, 1.807) is 24.3 Å². The van der Waals surface area contributed by atoms with Crippen LogP contribution < -0.4 is 4.74 Å². The number of carbonyl (C=O) groups is 1. The fourth-order valence-electron chi connectivity index (χ4n) is 2.55. The molecule has 0 aliphatic carbocycles. The van der Waals surface area contributed by atoms with Crippen LogP contribution in [0.25, 0.3) is 11.3 Å². The maximum atomic E-state index is 14.1. The second kappa shape index (κ2) is 10.7. The van der Waals surface area contributed by atoms with E-state index in [1.807, 2.05) is 19.9 Å². The second-order valence-corrected chi connectivity index (χ2v) is 5.94. The van der Waals surface area contributed by atoms with Gasteiger partial charge >= 0.3 is 5.97 Å². The van der Waals surface area contributed by atoms with Gasteiger partial charge in [-0.05, 0) is 29.8 Å². The Labute approximate surface area is 173 Å². The number of hydrogen-bond donors (Lipinski definition) is 1. The van der Waals surface area contributed by atoms with Crippen LogP contribution in [0.15, 0.2) is 54.6 Å². The van der Waals surface area contributed by atoms with Gasteiger partial charge in [-0.15, -0.1) is 0 Å². The van der Waals surface area contributed by atoms with Gasteiger partial charge in [-0.25, -0.2) is 13.8 Å². The molecule has 0 amide bonds. The molecule has 5 nitrogen and oxygen atoms in total. The first-order valence-corrected chi connectivity index (χ1v) is 9.25. The summed E-state index contributed by atoms with van der Waals surface area (Å²) in [4.78, 5) is 15.0. The Balaban J connectivity index is 0.00000155. The van der Waals surface area contributed by atoms with E-state index >= 15 is 0 Å². The van der Waals surface area contributed by atoms with Crippen LogP contribution in [0.5, 0.6) is 5.88 Å². The van der Waals surface area contributed by atoms with E-state index in [9.17, 15) is 13.6 Å². The van der Waals surface area contributed by atoms with E-state index in [1.165, 1.54) is 24.3 Å². The number of benzene rings is 2. The van der Waals surface area contributed by atoms with Crippen LogP contribution in [0.4, 0.5) is 8.78 Å². The summed E-state index contributed by atoms with van der Waals surface area (Å²) in [5.74, 6) is -2.08. The van der Waals surface area contributed by atoms with Crippen molar-refractivity contribution in [1.82, 2.24) is 4.98 Å². The van der Waals surface area contributed by atoms with Crippen molar-refractivity contribution in [2.75, 3.05) is 0 Å². The zero-order valence-corrected chi connectivity index (χ0v) is 16.5. The first-order valence-electron chi connectivity index (χ1n) is 9.25. The minimum Gasteiger partial charge on any atom is -0.481 e. The molecule has 0 saturated carbocycles. The maximum Gasteiger partial charge on any atom is 0.307 e. The number of nitrogens with zero attached hydrogens (tertiary/aromatic N) is 2. The molecule has 3 aromatic rings. The monoisotopic (exact) mass is 410 g/mol. The van der Waals surface area contributed by atoms with Gasteiger partial charge in [-0.3, -0.25) is 4.79 Å². The molecule has 3 rings (SSSR count). The molecule has 0 aliphatic rings. The molecule has 0 radical (unpaired) electrons. The SMILES string of the molecule is CC.N#Cc1ccc(COc2cccc(-c3ccc(CC(=O)O)c(F)c3)n2)c(F)c1. The van der Waals surface area contributed by atoms with Gasteiger partial charge < -0.3 is 9.84 Å². The Morgan fingerprint density at radius 3 is 2.40 bits per heavy atom. The highest BCUT2D eigenvalue weighted by molar-refractivity contribution is 5.71. The van der Waals surface area contributed by atoms with Crippen LogP contribution in [0, 0.1) is 23.0 Å². The predicted molar refractivity (Wildman–Crippen MR) is 108 cm³/mol. The lowest BCUT2D eigenvalue weighted by atomic mass is 10.1. The number of carboxylic acid groups (broad SMARTS) is 1. The third-order valence-electron chi connectivity index (χ3n) is 3.97. The largest absolute Gasteiger partial charge is 0.481 e. The van der Waals surface area contributed by atoms with Gasteiger partial charge in [-0.1, -0.05) is 38.1 Å². The number of pyridine rings is 1. The van der Waals surface area contributed by atoms with Crippen molar-refractivity contribution >= 4 is 5.97 Å². The Bertz CT molecular complexity index is 1080. The molecule has 2 aromatic carbocycles. The van der Waals surface area contributed by atoms with Crippen LogP contribution in [-0.2, 0) is 17.8 Å². The number of hydrogen-bond acceptors (Lipinski definition) is 4. The second-order valence-electron chi connectivity index (χ2n) is 5.94. The summed E-state index contributed by atoms with van der Waals surface area (Å²) in [5, 5.41) is 17.5. The number of halogens is 2. The molecule has 0 bridgehead atoms. The van der Waals surface area contributed by atoms with Crippen molar-refractivity contribution in [2.45, 2.75) is 26.9 Å². The van der Waals surface area contributed by atoms with Crippen molar-refractivity contribution in [2.24, 2.45) is 0 Å².